The third-order valence-corrected chi connectivity index (χ3v) is 3.33. The number of fused-ring (bicyclic) bond motifs is 1. The number of hydrogen-bond donors (Lipinski definition) is 2. The molecule has 2 rings (SSSR count). The van der Waals surface area contributed by atoms with Gasteiger partial charge >= 0.3 is 0 Å². The molecule has 114 valence electrons. The number of aromatic nitrogens is 3. The molecule has 0 spiro atoms. The van der Waals surface area contributed by atoms with Gasteiger partial charge in [0.25, 0.3) is 0 Å². The minimum atomic E-state index is 0.414. The zero-order chi connectivity index (χ0) is 15.1. The average molecular weight is 288 g/mol. The fourth-order valence-electron chi connectivity index (χ4n) is 1.98. The van der Waals surface area contributed by atoms with Crippen molar-refractivity contribution in [3.8, 4) is 0 Å². The molecule has 0 amide bonds. The molecule has 6 nitrogen and oxygen atoms in total. The van der Waals surface area contributed by atoms with E-state index >= 15 is 0 Å². The summed E-state index contributed by atoms with van der Waals surface area (Å²) in [6, 6.07) is 6.31. The van der Waals surface area contributed by atoms with E-state index in [1.54, 1.807) is 0 Å². The smallest absolute Gasteiger partial charge is 0.191 e. The van der Waals surface area contributed by atoms with Crippen molar-refractivity contribution < 1.29 is 0 Å². The van der Waals surface area contributed by atoms with Crippen LogP contribution >= 0.6 is 0 Å². The average Bonchev–Trinajstić information content (AvgIpc) is 2.91. The van der Waals surface area contributed by atoms with E-state index in [0.717, 1.165) is 36.8 Å². The van der Waals surface area contributed by atoms with Crippen LogP contribution in [0.25, 0.3) is 5.65 Å². The quantitative estimate of drug-likeness (QED) is 0.626. The van der Waals surface area contributed by atoms with Crippen molar-refractivity contribution in [2.24, 2.45) is 4.99 Å². The van der Waals surface area contributed by atoms with Gasteiger partial charge in [0.2, 0.25) is 0 Å². The molecule has 0 fully saturated rings. The maximum Gasteiger partial charge on any atom is 0.191 e. The lowest BCUT2D eigenvalue weighted by atomic mass is 10.3. The van der Waals surface area contributed by atoms with Crippen molar-refractivity contribution >= 4 is 11.6 Å². The second-order valence-electron chi connectivity index (χ2n) is 5.01. The highest BCUT2D eigenvalue weighted by atomic mass is 15.2. The molecule has 0 saturated heterocycles. The molecule has 21 heavy (non-hydrogen) atoms. The lowest BCUT2D eigenvalue weighted by Crippen LogP contribution is -2.42. The molecule has 0 saturated carbocycles. The summed E-state index contributed by atoms with van der Waals surface area (Å²) in [7, 11) is 0. The Morgan fingerprint density at radius 1 is 1.33 bits per heavy atom. The number of pyridine rings is 1. The van der Waals surface area contributed by atoms with Crippen LogP contribution in [-0.4, -0.2) is 39.7 Å². The Morgan fingerprint density at radius 2 is 2.19 bits per heavy atom. The summed E-state index contributed by atoms with van der Waals surface area (Å²) in [6.45, 7) is 7.92. The molecule has 0 radical (unpaired) electrons. The Kier molecular flexibility index (Phi) is 5.54. The van der Waals surface area contributed by atoms with E-state index in [1.165, 1.54) is 0 Å². The highest BCUT2D eigenvalue weighted by Gasteiger charge is 2.05. The second-order valence-corrected chi connectivity index (χ2v) is 5.01. The first kappa shape index (κ1) is 15.3. The summed E-state index contributed by atoms with van der Waals surface area (Å²) < 4.78 is 2.00. The Bertz CT molecular complexity index is 589. The van der Waals surface area contributed by atoms with Crippen LogP contribution in [-0.2, 0) is 6.42 Å². The van der Waals surface area contributed by atoms with E-state index in [1.807, 2.05) is 28.8 Å². The number of aliphatic imine (C=N–C) groups is 1. The van der Waals surface area contributed by atoms with Gasteiger partial charge in [-0.3, -0.25) is 9.39 Å². The monoisotopic (exact) mass is 288 g/mol. The Hall–Kier alpha value is -2.11. The summed E-state index contributed by atoms with van der Waals surface area (Å²) >= 11 is 0. The predicted octanol–water partition coefficient (Wildman–Crippen LogP) is 1.63. The maximum atomic E-state index is 4.60. The van der Waals surface area contributed by atoms with Gasteiger partial charge in [0, 0.05) is 31.7 Å². The normalized spacial score (nSPS) is 13.4. The molecule has 2 N–H and O–H groups in total. The lowest BCUT2D eigenvalue weighted by Gasteiger charge is -2.16. The molecule has 1 atom stereocenters. The van der Waals surface area contributed by atoms with E-state index in [-0.39, 0.29) is 0 Å². The van der Waals surface area contributed by atoms with Crippen molar-refractivity contribution in [3.05, 3.63) is 30.2 Å². The lowest BCUT2D eigenvalue weighted by molar-refractivity contribution is 0.624. The SMILES string of the molecule is CCNC(=NCCc1nnc2ccccn12)NC(C)CC. The topological polar surface area (TPSA) is 66.6 Å². The molecular formula is C15H24N6. The minimum absolute atomic E-state index is 0.414. The van der Waals surface area contributed by atoms with Crippen LogP contribution in [0.15, 0.2) is 29.4 Å². The van der Waals surface area contributed by atoms with E-state index in [2.05, 4.69) is 46.6 Å². The van der Waals surface area contributed by atoms with Crippen molar-refractivity contribution in [1.29, 1.82) is 0 Å². The Labute approximate surface area is 125 Å². The first-order valence-corrected chi connectivity index (χ1v) is 7.58. The van der Waals surface area contributed by atoms with Gasteiger partial charge in [-0.1, -0.05) is 13.0 Å². The van der Waals surface area contributed by atoms with E-state index in [4.69, 9.17) is 0 Å². The van der Waals surface area contributed by atoms with Gasteiger partial charge in [-0.15, -0.1) is 10.2 Å². The number of rotatable bonds is 6. The van der Waals surface area contributed by atoms with Crippen molar-refractivity contribution in [3.63, 3.8) is 0 Å². The number of nitrogens with zero attached hydrogens (tertiary/aromatic N) is 4. The van der Waals surface area contributed by atoms with Gasteiger partial charge in [-0.25, -0.2) is 0 Å². The largest absolute Gasteiger partial charge is 0.357 e. The Morgan fingerprint density at radius 3 is 2.95 bits per heavy atom. The fraction of sp³-hybridized carbons (Fsp3) is 0.533. The highest BCUT2D eigenvalue weighted by molar-refractivity contribution is 5.80. The molecule has 2 heterocycles. The molecule has 6 heteroatoms. The van der Waals surface area contributed by atoms with Crippen LogP contribution in [0.4, 0.5) is 0 Å². The van der Waals surface area contributed by atoms with Gasteiger partial charge in [0.05, 0.1) is 0 Å². The molecule has 2 aromatic rings. The first-order chi connectivity index (χ1) is 10.2. The molecule has 0 aliphatic rings. The first-order valence-electron chi connectivity index (χ1n) is 7.58. The fourth-order valence-corrected chi connectivity index (χ4v) is 1.98. The minimum Gasteiger partial charge on any atom is -0.357 e. The van der Waals surface area contributed by atoms with Crippen LogP contribution < -0.4 is 10.6 Å². The van der Waals surface area contributed by atoms with Gasteiger partial charge in [-0.2, -0.15) is 0 Å². The number of guanidine groups is 1. The standard InChI is InChI=1S/C15H24N6/c1-4-12(3)18-15(16-5-2)17-10-9-14-20-19-13-8-6-7-11-21(13)14/h6-8,11-12H,4-5,9-10H2,1-3H3,(H2,16,17,18). The summed E-state index contributed by atoms with van der Waals surface area (Å²) in [5, 5.41) is 15.0. The second kappa shape index (κ2) is 7.61. The summed E-state index contributed by atoms with van der Waals surface area (Å²) in [5.41, 5.74) is 0.876. The molecular weight excluding hydrogens is 264 g/mol. The predicted molar refractivity (Wildman–Crippen MR) is 85.6 cm³/mol. The molecule has 0 aliphatic carbocycles. The van der Waals surface area contributed by atoms with Crippen LogP contribution in [0.3, 0.4) is 0 Å². The maximum absolute atomic E-state index is 4.60. The molecule has 2 aromatic heterocycles. The molecule has 1 unspecified atom stereocenters. The molecule has 0 aliphatic heterocycles. The third-order valence-electron chi connectivity index (χ3n) is 3.33. The number of nitrogens with one attached hydrogen (secondary N) is 2. The number of hydrogen-bond acceptors (Lipinski definition) is 3. The summed E-state index contributed by atoms with van der Waals surface area (Å²) in [5.74, 6) is 1.80. The van der Waals surface area contributed by atoms with E-state index in [0.29, 0.717) is 12.6 Å². The summed E-state index contributed by atoms with van der Waals surface area (Å²) in [4.78, 5) is 4.60. The molecule has 0 bridgehead atoms. The van der Waals surface area contributed by atoms with E-state index < -0.39 is 0 Å². The van der Waals surface area contributed by atoms with Crippen molar-refractivity contribution in [2.75, 3.05) is 13.1 Å². The van der Waals surface area contributed by atoms with Gasteiger partial charge in [0.15, 0.2) is 11.6 Å². The van der Waals surface area contributed by atoms with Gasteiger partial charge < -0.3 is 10.6 Å². The zero-order valence-corrected chi connectivity index (χ0v) is 13.0. The summed E-state index contributed by atoms with van der Waals surface area (Å²) in [6.07, 6.45) is 3.82. The highest BCUT2D eigenvalue weighted by Crippen LogP contribution is 2.03. The van der Waals surface area contributed by atoms with Crippen molar-refractivity contribution in [1.82, 2.24) is 25.2 Å². The van der Waals surface area contributed by atoms with Crippen LogP contribution in [0.2, 0.25) is 0 Å². The van der Waals surface area contributed by atoms with Crippen LogP contribution in [0.1, 0.15) is 33.0 Å². The van der Waals surface area contributed by atoms with E-state index in [9.17, 15) is 0 Å². The third kappa shape index (κ3) is 4.18. The van der Waals surface area contributed by atoms with Crippen LogP contribution in [0.5, 0.6) is 0 Å². The van der Waals surface area contributed by atoms with Gasteiger partial charge in [-0.05, 0) is 32.4 Å². The van der Waals surface area contributed by atoms with Crippen LogP contribution in [0, 0.1) is 0 Å². The molecule has 0 aromatic carbocycles. The van der Waals surface area contributed by atoms with Crippen molar-refractivity contribution in [2.45, 2.75) is 39.7 Å². The zero-order valence-electron chi connectivity index (χ0n) is 13.0. The van der Waals surface area contributed by atoms with Gasteiger partial charge in [0.1, 0.15) is 5.82 Å². The Balaban J connectivity index is 1.98.